The topological polar surface area (TPSA) is 85.4 Å². The molecule has 0 aliphatic rings. The molecule has 0 saturated heterocycles. The molecule has 1 aromatic heterocycles. The molecule has 0 radical (unpaired) electrons. The maximum atomic E-state index is 12.3. The van der Waals surface area contributed by atoms with Crippen LogP contribution in [0.25, 0.3) is 0 Å². The largest absolute Gasteiger partial charge is 0.493 e. The van der Waals surface area contributed by atoms with Crippen LogP contribution in [-0.4, -0.2) is 30.1 Å². The third kappa shape index (κ3) is 4.89. The van der Waals surface area contributed by atoms with Crippen molar-refractivity contribution in [3.8, 4) is 11.5 Å². The van der Waals surface area contributed by atoms with Crippen LogP contribution in [0.3, 0.4) is 0 Å². The molecule has 28 heavy (non-hydrogen) atoms. The molecule has 0 aliphatic carbocycles. The molecular weight excluding hydrogens is 380 g/mol. The van der Waals surface area contributed by atoms with Crippen molar-refractivity contribution in [2.45, 2.75) is 6.54 Å². The Kier molecular flexibility index (Phi) is 6.29. The Labute approximate surface area is 167 Å². The summed E-state index contributed by atoms with van der Waals surface area (Å²) in [5.41, 5.74) is 1.88. The molecule has 2 aromatic carbocycles. The summed E-state index contributed by atoms with van der Waals surface area (Å²) in [7, 11) is 3.14. The highest BCUT2D eigenvalue weighted by molar-refractivity contribution is 6.30. The number of hydrogen-bond donors (Lipinski definition) is 2. The number of hydrogen-bond acceptors (Lipinski definition) is 6. The third-order valence-electron chi connectivity index (χ3n) is 3.88. The average molecular weight is 399 g/mol. The van der Waals surface area contributed by atoms with E-state index in [1.807, 2.05) is 24.3 Å². The average Bonchev–Trinajstić information content (AvgIpc) is 2.72. The number of ether oxygens (including phenoxy) is 2. The van der Waals surface area contributed by atoms with Gasteiger partial charge in [-0.3, -0.25) is 4.79 Å². The zero-order chi connectivity index (χ0) is 19.9. The van der Waals surface area contributed by atoms with Gasteiger partial charge in [0.25, 0.3) is 5.91 Å². The van der Waals surface area contributed by atoms with Gasteiger partial charge >= 0.3 is 0 Å². The third-order valence-corrected chi connectivity index (χ3v) is 4.12. The van der Waals surface area contributed by atoms with E-state index in [2.05, 4.69) is 20.6 Å². The molecule has 0 bridgehead atoms. The van der Waals surface area contributed by atoms with Crippen LogP contribution in [0.5, 0.6) is 11.5 Å². The first-order valence-corrected chi connectivity index (χ1v) is 8.80. The summed E-state index contributed by atoms with van der Waals surface area (Å²) in [5.74, 6) is 1.42. The molecular formula is C20H19ClN4O3. The molecule has 3 rings (SSSR count). The Bertz CT molecular complexity index is 964. The van der Waals surface area contributed by atoms with E-state index in [9.17, 15) is 4.79 Å². The van der Waals surface area contributed by atoms with Gasteiger partial charge in [-0.05, 0) is 35.9 Å². The Morgan fingerprint density at radius 3 is 2.54 bits per heavy atom. The van der Waals surface area contributed by atoms with Gasteiger partial charge in [0.05, 0.1) is 26.6 Å². The van der Waals surface area contributed by atoms with Gasteiger partial charge < -0.3 is 20.1 Å². The van der Waals surface area contributed by atoms with Gasteiger partial charge in [-0.1, -0.05) is 23.7 Å². The molecule has 0 saturated carbocycles. The summed E-state index contributed by atoms with van der Waals surface area (Å²) >= 11 is 5.96. The number of nitrogens with one attached hydrogen (secondary N) is 2. The lowest BCUT2D eigenvalue weighted by atomic mass is 10.2. The number of nitrogens with zero attached hydrogens (tertiary/aromatic N) is 2. The first-order valence-electron chi connectivity index (χ1n) is 8.43. The smallest absolute Gasteiger partial charge is 0.271 e. The van der Waals surface area contributed by atoms with Gasteiger partial charge in [0.1, 0.15) is 11.5 Å². The molecule has 144 valence electrons. The lowest BCUT2D eigenvalue weighted by molar-refractivity contribution is 0.0945. The van der Waals surface area contributed by atoms with Gasteiger partial charge in [-0.15, -0.1) is 0 Å². The molecule has 0 atom stereocenters. The van der Waals surface area contributed by atoms with Crippen LogP contribution < -0.4 is 20.1 Å². The van der Waals surface area contributed by atoms with E-state index in [1.54, 1.807) is 32.4 Å². The molecule has 0 unspecified atom stereocenters. The van der Waals surface area contributed by atoms with Crippen LogP contribution in [0.4, 0.5) is 11.5 Å². The van der Waals surface area contributed by atoms with Gasteiger partial charge in [-0.2, -0.15) is 0 Å². The van der Waals surface area contributed by atoms with Crippen molar-refractivity contribution in [2.75, 3.05) is 19.5 Å². The van der Waals surface area contributed by atoms with Crippen molar-refractivity contribution in [1.82, 2.24) is 15.3 Å². The molecule has 2 N–H and O–H groups in total. The fourth-order valence-corrected chi connectivity index (χ4v) is 2.68. The normalized spacial score (nSPS) is 10.2. The van der Waals surface area contributed by atoms with E-state index in [0.717, 1.165) is 11.3 Å². The summed E-state index contributed by atoms with van der Waals surface area (Å²) in [6.45, 7) is 0.323. The van der Waals surface area contributed by atoms with Crippen molar-refractivity contribution >= 4 is 29.0 Å². The predicted octanol–water partition coefficient (Wildman–Crippen LogP) is 3.82. The number of carbonyl (C=O) groups excluding carboxylic acids is 1. The molecule has 1 heterocycles. The maximum absolute atomic E-state index is 12.3. The standard InChI is InChI=1S/C20H19ClN4O3/c1-27-17-7-6-13(8-18(17)28-2)10-24-20(26)16-11-23-19(12-22-16)25-15-5-3-4-14(21)9-15/h3-9,11-12H,10H2,1-2H3,(H,23,25)(H,24,26). The monoisotopic (exact) mass is 398 g/mol. The van der Waals surface area contributed by atoms with E-state index < -0.39 is 0 Å². The number of rotatable bonds is 7. The second-order valence-corrected chi connectivity index (χ2v) is 6.23. The lowest BCUT2D eigenvalue weighted by Crippen LogP contribution is -2.24. The number of amides is 1. The minimum Gasteiger partial charge on any atom is -0.493 e. The summed E-state index contributed by atoms with van der Waals surface area (Å²) in [4.78, 5) is 20.7. The first-order chi connectivity index (χ1) is 13.6. The quantitative estimate of drug-likeness (QED) is 0.629. The van der Waals surface area contributed by atoms with Gasteiger partial charge in [0.2, 0.25) is 0 Å². The van der Waals surface area contributed by atoms with Crippen LogP contribution in [-0.2, 0) is 6.54 Å². The van der Waals surface area contributed by atoms with Crippen LogP contribution in [0.2, 0.25) is 5.02 Å². The molecule has 0 fully saturated rings. The van der Waals surface area contributed by atoms with Crippen LogP contribution in [0.1, 0.15) is 16.1 Å². The number of methoxy groups -OCH3 is 2. The Hall–Kier alpha value is -3.32. The van der Waals surface area contributed by atoms with Crippen LogP contribution >= 0.6 is 11.6 Å². The van der Waals surface area contributed by atoms with Crippen LogP contribution in [0.15, 0.2) is 54.9 Å². The summed E-state index contributed by atoms with van der Waals surface area (Å²) in [5, 5.41) is 6.50. The zero-order valence-electron chi connectivity index (χ0n) is 15.4. The fraction of sp³-hybridized carbons (Fsp3) is 0.150. The van der Waals surface area contributed by atoms with Crippen molar-refractivity contribution < 1.29 is 14.3 Å². The number of aromatic nitrogens is 2. The molecule has 1 amide bonds. The highest BCUT2D eigenvalue weighted by Crippen LogP contribution is 2.27. The summed E-state index contributed by atoms with van der Waals surface area (Å²) in [6.07, 6.45) is 2.91. The van der Waals surface area contributed by atoms with Crippen molar-refractivity contribution in [1.29, 1.82) is 0 Å². The highest BCUT2D eigenvalue weighted by Gasteiger charge is 2.10. The van der Waals surface area contributed by atoms with E-state index in [0.29, 0.717) is 28.9 Å². The van der Waals surface area contributed by atoms with Crippen molar-refractivity contribution in [3.05, 3.63) is 71.1 Å². The fourth-order valence-electron chi connectivity index (χ4n) is 2.49. The molecule has 0 spiro atoms. The second kappa shape index (κ2) is 9.05. The van der Waals surface area contributed by atoms with Crippen LogP contribution in [0, 0.1) is 0 Å². The lowest BCUT2D eigenvalue weighted by Gasteiger charge is -2.10. The van der Waals surface area contributed by atoms with Crippen molar-refractivity contribution in [2.24, 2.45) is 0 Å². The molecule has 7 nitrogen and oxygen atoms in total. The SMILES string of the molecule is COc1ccc(CNC(=O)c2cnc(Nc3cccc(Cl)c3)cn2)cc1OC. The summed E-state index contributed by atoms with van der Waals surface area (Å²) in [6, 6.07) is 12.7. The minimum absolute atomic E-state index is 0.220. The Balaban J connectivity index is 1.60. The number of benzene rings is 2. The van der Waals surface area contributed by atoms with Crippen molar-refractivity contribution in [3.63, 3.8) is 0 Å². The predicted molar refractivity (Wildman–Crippen MR) is 107 cm³/mol. The Morgan fingerprint density at radius 1 is 1.04 bits per heavy atom. The minimum atomic E-state index is -0.323. The molecule has 8 heteroatoms. The number of carbonyl (C=O) groups is 1. The number of halogens is 1. The highest BCUT2D eigenvalue weighted by atomic mass is 35.5. The molecule has 0 aliphatic heterocycles. The number of anilines is 2. The summed E-state index contributed by atoms with van der Waals surface area (Å²) < 4.78 is 10.5. The van der Waals surface area contributed by atoms with Gasteiger partial charge in [-0.25, -0.2) is 9.97 Å². The first kappa shape index (κ1) is 19.4. The Morgan fingerprint density at radius 2 is 1.86 bits per heavy atom. The zero-order valence-corrected chi connectivity index (χ0v) is 16.2. The second-order valence-electron chi connectivity index (χ2n) is 5.79. The maximum Gasteiger partial charge on any atom is 0.271 e. The molecule has 3 aromatic rings. The van der Waals surface area contributed by atoms with E-state index in [-0.39, 0.29) is 11.6 Å². The van der Waals surface area contributed by atoms with E-state index >= 15 is 0 Å². The van der Waals surface area contributed by atoms with Gasteiger partial charge in [0.15, 0.2) is 11.5 Å². The van der Waals surface area contributed by atoms with E-state index in [4.69, 9.17) is 21.1 Å². The van der Waals surface area contributed by atoms with E-state index in [1.165, 1.54) is 12.4 Å². The van der Waals surface area contributed by atoms with Gasteiger partial charge in [0, 0.05) is 17.3 Å².